The first-order chi connectivity index (χ1) is 4.83. The summed E-state index contributed by atoms with van der Waals surface area (Å²) in [5, 5.41) is 2.11. The highest BCUT2D eigenvalue weighted by molar-refractivity contribution is 7.09. The first-order valence-electron chi connectivity index (χ1n) is 3.55. The molecule has 10 heavy (non-hydrogen) atoms. The van der Waals surface area contributed by atoms with Gasteiger partial charge >= 0.3 is 0 Å². The maximum atomic E-state index is 5.49. The zero-order chi connectivity index (χ0) is 7.40. The van der Waals surface area contributed by atoms with Crippen molar-refractivity contribution in [1.82, 2.24) is 0 Å². The van der Waals surface area contributed by atoms with Gasteiger partial charge in [0, 0.05) is 4.88 Å². The van der Waals surface area contributed by atoms with Crippen molar-refractivity contribution in [3.63, 3.8) is 0 Å². The molecule has 0 amide bonds. The van der Waals surface area contributed by atoms with E-state index in [2.05, 4.69) is 24.4 Å². The molecule has 1 nitrogen and oxygen atoms in total. The maximum absolute atomic E-state index is 5.49. The van der Waals surface area contributed by atoms with Gasteiger partial charge in [-0.3, -0.25) is 0 Å². The molecule has 1 aromatic heterocycles. The second-order valence-electron chi connectivity index (χ2n) is 2.62. The molecule has 1 rings (SSSR count). The highest BCUT2D eigenvalue weighted by Gasteiger charge is 2.00. The van der Waals surface area contributed by atoms with Gasteiger partial charge in [0.1, 0.15) is 0 Å². The fourth-order valence-electron chi connectivity index (χ4n) is 0.856. The average Bonchev–Trinajstić information content (AvgIpc) is 2.40. The molecule has 0 spiro atoms. The van der Waals surface area contributed by atoms with Crippen LogP contribution in [-0.4, -0.2) is 6.54 Å². The monoisotopic (exact) mass is 155 g/mol. The van der Waals surface area contributed by atoms with Crippen molar-refractivity contribution in [1.29, 1.82) is 0 Å². The summed E-state index contributed by atoms with van der Waals surface area (Å²) >= 11 is 1.81. The molecule has 0 aliphatic carbocycles. The van der Waals surface area contributed by atoms with Crippen molar-refractivity contribution < 1.29 is 0 Å². The molecular weight excluding hydrogens is 142 g/mol. The highest BCUT2D eigenvalue weighted by Crippen LogP contribution is 2.13. The van der Waals surface area contributed by atoms with Crippen molar-refractivity contribution >= 4 is 11.3 Å². The summed E-state index contributed by atoms with van der Waals surface area (Å²) in [5.41, 5.74) is 5.49. The number of hydrogen-bond acceptors (Lipinski definition) is 2. The molecule has 0 fully saturated rings. The van der Waals surface area contributed by atoms with E-state index in [9.17, 15) is 0 Å². The van der Waals surface area contributed by atoms with Crippen LogP contribution in [0, 0.1) is 5.92 Å². The molecule has 0 saturated heterocycles. The summed E-state index contributed by atoms with van der Waals surface area (Å²) in [5.74, 6) is 0.624. The normalized spacial score (nSPS) is 13.4. The van der Waals surface area contributed by atoms with Crippen molar-refractivity contribution in [3.05, 3.63) is 22.4 Å². The third-order valence-electron chi connectivity index (χ3n) is 1.53. The average molecular weight is 155 g/mol. The van der Waals surface area contributed by atoms with Crippen LogP contribution >= 0.6 is 11.3 Å². The predicted molar refractivity (Wildman–Crippen MR) is 46.2 cm³/mol. The van der Waals surface area contributed by atoms with Gasteiger partial charge in [-0.05, 0) is 30.3 Å². The molecule has 56 valence electrons. The predicted octanol–water partition coefficient (Wildman–Crippen LogP) is 1.89. The fourth-order valence-corrected chi connectivity index (χ4v) is 1.73. The van der Waals surface area contributed by atoms with Crippen molar-refractivity contribution in [2.24, 2.45) is 11.7 Å². The smallest absolute Gasteiger partial charge is 0.00483 e. The largest absolute Gasteiger partial charge is 0.330 e. The quantitative estimate of drug-likeness (QED) is 0.708. The standard InChI is InChI=1S/C8H13NS/c1-7(6-9)5-8-3-2-4-10-8/h2-4,7H,5-6,9H2,1H3/t7-/m1/s1. The van der Waals surface area contributed by atoms with E-state index in [0.717, 1.165) is 13.0 Å². The van der Waals surface area contributed by atoms with Crippen LogP contribution in [-0.2, 0) is 6.42 Å². The Hall–Kier alpha value is -0.340. The van der Waals surface area contributed by atoms with Gasteiger partial charge < -0.3 is 5.73 Å². The summed E-state index contributed by atoms with van der Waals surface area (Å²) in [6.07, 6.45) is 1.13. The Balaban J connectivity index is 2.40. The van der Waals surface area contributed by atoms with E-state index in [-0.39, 0.29) is 0 Å². The molecule has 0 radical (unpaired) electrons. The summed E-state index contributed by atoms with van der Waals surface area (Å²) in [6.45, 7) is 2.97. The lowest BCUT2D eigenvalue weighted by Gasteiger charge is -2.04. The van der Waals surface area contributed by atoms with Gasteiger partial charge in [-0.1, -0.05) is 13.0 Å². The Bertz CT molecular complexity index is 169. The molecule has 2 heteroatoms. The highest BCUT2D eigenvalue weighted by atomic mass is 32.1. The van der Waals surface area contributed by atoms with Crippen molar-refractivity contribution in [3.8, 4) is 0 Å². The van der Waals surface area contributed by atoms with Crippen LogP contribution in [0.4, 0.5) is 0 Å². The second-order valence-corrected chi connectivity index (χ2v) is 3.66. The Morgan fingerprint density at radius 2 is 2.50 bits per heavy atom. The number of thiophene rings is 1. The molecule has 1 heterocycles. The molecule has 1 atom stereocenters. The van der Waals surface area contributed by atoms with E-state index >= 15 is 0 Å². The molecule has 0 saturated carbocycles. The van der Waals surface area contributed by atoms with E-state index in [1.54, 1.807) is 0 Å². The molecule has 0 aliphatic heterocycles. The molecule has 0 aromatic carbocycles. The lowest BCUT2D eigenvalue weighted by atomic mass is 10.1. The van der Waals surface area contributed by atoms with E-state index in [1.807, 2.05) is 11.3 Å². The Morgan fingerprint density at radius 3 is 3.00 bits per heavy atom. The van der Waals surface area contributed by atoms with Crippen LogP contribution in [0.15, 0.2) is 17.5 Å². The minimum absolute atomic E-state index is 0.624. The Morgan fingerprint density at radius 1 is 1.70 bits per heavy atom. The van der Waals surface area contributed by atoms with Crippen LogP contribution in [0.3, 0.4) is 0 Å². The molecule has 0 aliphatic rings. The van der Waals surface area contributed by atoms with Gasteiger partial charge in [0.25, 0.3) is 0 Å². The van der Waals surface area contributed by atoms with Crippen molar-refractivity contribution in [2.45, 2.75) is 13.3 Å². The molecule has 0 bridgehead atoms. The van der Waals surface area contributed by atoms with Gasteiger partial charge in [0.2, 0.25) is 0 Å². The fraction of sp³-hybridized carbons (Fsp3) is 0.500. The van der Waals surface area contributed by atoms with Gasteiger partial charge in [0.15, 0.2) is 0 Å². The first-order valence-corrected chi connectivity index (χ1v) is 4.43. The van der Waals surface area contributed by atoms with Crippen LogP contribution < -0.4 is 5.73 Å². The topological polar surface area (TPSA) is 26.0 Å². The summed E-state index contributed by atoms with van der Waals surface area (Å²) in [7, 11) is 0. The first kappa shape index (κ1) is 7.76. The number of rotatable bonds is 3. The summed E-state index contributed by atoms with van der Waals surface area (Å²) in [6, 6.07) is 4.25. The zero-order valence-electron chi connectivity index (χ0n) is 6.21. The number of hydrogen-bond donors (Lipinski definition) is 1. The van der Waals surface area contributed by atoms with E-state index in [0.29, 0.717) is 5.92 Å². The zero-order valence-corrected chi connectivity index (χ0v) is 7.03. The molecule has 2 N–H and O–H groups in total. The minimum Gasteiger partial charge on any atom is -0.330 e. The van der Waals surface area contributed by atoms with Crippen LogP contribution in [0.1, 0.15) is 11.8 Å². The van der Waals surface area contributed by atoms with E-state index in [4.69, 9.17) is 5.73 Å². The molecule has 0 unspecified atom stereocenters. The Labute approximate surface area is 65.9 Å². The number of nitrogens with two attached hydrogens (primary N) is 1. The molecule has 1 aromatic rings. The minimum atomic E-state index is 0.624. The second kappa shape index (κ2) is 3.74. The van der Waals surface area contributed by atoms with E-state index in [1.165, 1.54) is 4.88 Å². The third-order valence-corrected chi connectivity index (χ3v) is 2.43. The lowest BCUT2D eigenvalue weighted by Crippen LogP contribution is -2.12. The van der Waals surface area contributed by atoms with Gasteiger partial charge in [-0.15, -0.1) is 11.3 Å². The SMILES string of the molecule is C[C@@H](CN)Cc1cccs1. The Kier molecular flexibility index (Phi) is 2.90. The molecular formula is C8H13NS. The van der Waals surface area contributed by atoms with Crippen LogP contribution in [0.5, 0.6) is 0 Å². The van der Waals surface area contributed by atoms with Crippen LogP contribution in [0.25, 0.3) is 0 Å². The van der Waals surface area contributed by atoms with Gasteiger partial charge in [-0.25, -0.2) is 0 Å². The summed E-state index contributed by atoms with van der Waals surface area (Å²) < 4.78 is 0. The van der Waals surface area contributed by atoms with Gasteiger partial charge in [-0.2, -0.15) is 0 Å². The van der Waals surface area contributed by atoms with E-state index < -0.39 is 0 Å². The van der Waals surface area contributed by atoms with Crippen LogP contribution in [0.2, 0.25) is 0 Å². The maximum Gasteiger partial charge on any atom is 0.00483 e. The summed E-state index contributed by atoms with van der Waals surface area (Å²) in [4.78, 5) is 1.44. The third kappa shape index (κ3) is 2.12. The van der Waals surface area contributed by atoms with Crippen molar-refractivity contribution in [2.75, 3.05) is 6.54 Å². The van der Waals surface area contributed by atoms with Gasteiger partial charge in [0.05, 0.1) is 0 Å². The lowest BCUT2D eigenvalue weighted by molar-refractivity contribution is 0.598.